The molecular weight excluding hydrogens is 386 g/mol. The van der Waals surface area contributed by atoms with Crippen LogP contribution in [-0.4, -0.2) is 122 Å². The summed E-state index contributed by atoms with van der Waals surface area (Å²) in [6.45, 7) is 9.62. The molecule has 9 heteroatoms. The van der Waals surface area contributed by atoms with Gasteiger partial charge in [-0.05, 0) is 19.3 Å². The van der Waals surface area contributed by atoms with E-state index in [4.69, 9.17) is 4.74 Å². The van der Waals surface area contributed by atoms with Gasteiger partial charge in [-0.1, -0.05) is 0 Å². The Kier molecular flexibility index (Phi) is 6.90. The molecule has 0 spiro atoms. The van der Waals surface area contributed by atoms with Crippen molar-refractivity contribution < 1.29 is 19.1 Å². The Hall–Kier alpha value is -1.71. The lowest BCUT2D eigenvalue weighted by atomic mass is 10.1. The van der Waals surface area contributed by atoms with Crippen molar-refractivity contribution in [1.82, 2.24) is 24.9 Å². The van der Waals surface area contributed by atoms with Crippen molar-refractivity contribution in [2.45, 2.75) is 38.3 Å². The zero-order valence-corrected chi connectivity index (χ0v) is 18.1. The molecule has 0 radical (unpaired) electrons. The second-order valence-corrected chi connectivity index (χ2v) is 8.91. The molecule has 3 aliphatic heterocycles. The molecule has 4 rings (SSSR count). The largest absolute Gasteiger partial charge is 0.379 e. The first-order valence-corrected chi connectivity index (χ1v) is 11.4. The summed E-state index contributed by atoms with van der Waals surface area (Å²) in [5.41, 5.74) is 0. The molecule has 168 valence electrons. The molecule has 0 aromatic rings. The number of carbonyl (C=O) groups excluding carboxylic acids is 3. The molecule has 3 amide bonds. The molecule has 1 N–H and O–H groups in total. The van der Waals surface area contributed by atoms with Gasteiger partial charge in [0.2, 0.25) is 17.7 Å². The number of ether oxygens (including phenoxy) is 1. The summed E-state index contributed by atoms with van der Waals surface area (Å²) in [7, 11) is 0. The van der Waals surface area contributed by atoms with Crippen LogP contribution in [0.5, 0.6) is 0 Å². The first-order chi connectivity index (χ1) is 14.5. The molecule has 2 unspecified atom stereocenters. The smallest absolute Gasteiger partial charge is 0.245 e. The van der Waals surface area contributed by atoms with Crippen LogP contribution in [0.3, 0.4) is 0 Å². The van der Waals surface area contributed by atoms with E-state index in [9.17, 15) is 14.4 Å². The molecule has 0 aromatic carbocycles. The van der Waals surface area contributed by atoms with Crippen LogP contribution in [0.25, 0.3) is 0 Å². The van der Waals surface area contributed by atoms with Gasteiger partial charge < -0.3 is 24.8 Å². The highest BCUT2D eigenvalue weighted by Gasteiger charge is 2.45. The maximum absolute atomic E-state index is 13.2. The van der Waals surface area contributed by atoms with Crippen molar-refractivity contribution >= 4 is 17.7 Å². The molecule has 0 aromatic heterocycles. The molecule has 1 aliphatic carbocycles. The Morgan fingerprint density at radius 3 is 2.40 bits per heavy atom. The fourth-order valence-electron chi connectivity index (χ4n) is 4.83. The summed E-state index contributed by atoms with van der Waals surface area (Å²) in [4.78, 5) is 46.5. The van der Waals surface area contributed by atoms with Crippen LogP contribution in [0, 0.1) is 5.92 Å². The lowest BCUT2D eigenvalue weighted by Crippen LogP contribution is -2.53. The monoisotopic (exact) mass is 421 g/mol. The molecule has 2 atom stereocenters. The van der Waals surface area contributed by atoms with Gasteiger partial charge in [0.25, 0.3) is 0 Å². The Labute approximate surface area is 178 Å². The van der Waals surface area contributed by atoms with E-state index >= 15 is 0 Å². The summed E-state index contributed by atoms with van der Waals surface area (Å²) < 4.78 is 5.43. The fourth-order valence-corrected chi connectivity index (χ4v) is 4.83. The number of morpholine rings is 1. The number of piperazine rings is 1. The van der Waals surface area contributed by atoms with E-state index in [0.29, 0.717) is 32.6 Å². The van der Waals surface area contributed by atoms with Crippen molar-refractivity contribution in [3.05, 3.63) is 0 Å². The quantitative estimate of drug-likeness (QED) is 0.591. The highest BCUT2D eigenvalue weighted by Crippen LogP contribution is 2.34. The SMILES string of the molecule is CC(=O)N1CC(N(CCN2CCOCC2)C(=O)C2CC2)CC1C(=O)N1CCNCC1. The van der Waals surface area contributed by atoms with Crippen LogP contribution < -0.4 is 5.32 Å². The van der Waals surface area contributed by atoms with Gasteiger partial charge in [-0.2, -0.15) is 0 Å². The summed E-state index contributed by atoms with van der Waals surface area (Å²) in [6, 6.07) is -0.539. The second kappa shape index (κ2) is 9.62. The van der Waals surface area contributed by atoms with Gasteiger partial charge in [-0.15, -0.1) is 0 Å². The number of rotatable bonds is 6. The van der Waals surface area contributed by atoms with Crippen LogP contribution in [0.4, 0.5) is 0 Å². The van der Waals surface area contributed by atoms with E-state index in [-0.39, 0.29) is 29.7 Å². The molecule has 0 bridgehead atoms. The Morgan fingerprint density at radius 1 is 1.07 bits per heavy atom. The van der Waals surface area contributed by atoms with Gasteiger partial charge in [0, 0.05) is 71.7 Å². The molecule has 9 nitrogen and oxygen atoms in total. The number of hydrogen-bond donors (Lipinski definition) is 1. The zero-order valence-electron chi connectivity index (χ0n) is 18.1. The minimum absolute atomic E-state index is 0.0289. The first-order valence-electron chi connectivity index (χ1n) is 11.4. The highest BCUT2D eigenvalue weighted by molar-refractivity contribution is 5.88. The molecular formula is C21H35N5O4. The van der Waals surface area contributed by atoms with Crippen LogP contribution in [0.1, 0.15) is 26.2 Å². The molecule has 3 heterocycles. The molecule has 1 saturated carbocycles. The first kappa shape index (κ1) is 21.5. The molecule has 4 aliphatic rings. The minimum atomic E-state index is -0.455. The van der Waals surface area contributed by atoms with Gasteiger partial charge >= 0.3 is 0 Å². The minimum Gasteiger partial charge on any atom is -0.379 e. The number of likely N-dealkylation sites (tertiary alicyclic amines) is 1. The standard InChI is InChI=1S/C21H35N5O4/c1-16(27)26-15-18(14-19(26)21(29)24-6-4-22-5-7-24)25(20(28)17-2-3-17)9-8-23-10-12-30-13-11-23/h17-19,22H,2-15H2,1H3. The number of amides is 3. The molecule has 4 fully saturated rings. The third kappa shape index (κ3) is 4.95. The Morgan fingerprint density at radius 2 is 1.77 bits per heavy atom. The predicted molar refractivity (Wildman–Crippen MR) is 111 cm³/mol. The van der Waals surface area contributed by atoms with E-state index in [1.165, 1.54) is 6.92 Å². The van der Waals surface area contributed by atoms with Gasteiger partial charge in [0.1, 0.15) is 6.04 Å². The highest BCUT2D eigenvalue weighted by atomic mass is 16.5. The summed E-state index contributed by atoms with van der Waals surface area (Å²) in [5, 5.41) is 3.26. The van der Waals surface area contributed by atoms with Crippen molar-refractivity contribution in [1.29, 1.82) is 0 Å². The van der Waals surface area contributed by atoms with Gasteiger partial charge in [-0.3, -0.25) is 19.3 Å². The van der Waals surface area contributed by atoms with E-state index < -0.39 is 6.04 Å². The van der Waals surface area contributed by atoms with E-state index in [0.717, 1.165) is 58.8 Å². The zero-order chi connectivity index (χ0) is 21.1. The summed E-state index contributed by atoms with van der Waals surface area (Å²) in [6.07, 6.45) is 2.46. The third-order valence-electron chi connectivity index (χ3n) is 6.81. The van der Waals surface area contributed by atoms with E-state index in [1.807, 2.05) is 9.80 Å². The fraction of sp³-hybridized carbons (Fsp3) is 0.857. The third-order valence-corrected chi connectivity index (χ3v) is 6.81. The normalized spacial score (nSPS) is 27.9. The maximum Gasteiger partial charge on any atom is 0.245 e. The van der Waals surface area contributed by atoms with Crippen LogP contribution in [0.15, 0.2) is 0 Å². The van der Waals surface area contributed by atoms with Crippen molar-refractivity contribution in [2.75, 3.05) is 72.1 Å². The van der Waals surface area contributed by atoms with Crippen molar-refractivity contribution in [3.8, 4) is 0 Å². The van der Waals surface area contributed by atoms with Crippen LogP contribution >= 0.6 is 0 Å². The Bertz CT molecular complexity index is 643. The summed E-state index contributed by atoms with van der Waals surface area (Å²) in [5.74, 6) is 0.273. The van der Waals surface area contributed by atoms with Crippen LogP contribution in [-0.2, 0) is 19.1 Å². The predicted octanol–water partition coefficient (Wildman–Crippen LogP) is -1.02. The molecule has 3 saturated heterocycles. The maximum atomic E-state index is 13.2. The lowest BCUT2D eigenvalue weighted by molar-refractivity contribution is -0.143. The van der Waals surface area contributed by atoms with Crippen molar-refractivity contribution in [3.63, 3.8) is 0 Å². The summed E-state index contributed by atoms with van der Waals surface area (Å²) >= 11 is 0. The topological polar surface area (TPSA) is 85.4 Å². The average Bonchev–Trinajstić information content (AvgIpc) is 3.53. The number of carbonyl (C=O) groups is 3. The van der Waals surface area contributed by atoms with E-state index in [2.05, 4.69) is 10.2 Å². The second-order valence-electron chi connectivity index (χ2n) is 8.91. The van der Waals surface area contributed by atoms with Gasteiger partial charge in [0.15, 0.2) is 0 Å². The number of nitrogens with zero attached hydrogens (tertiary/aromatic N) is 4. The molecule has 30 heavy (non-hydrogen) atoms. The Balaban J connectivity index is 1.44. The van der Waals surface area contributed by atoms with Crippen LogP contribution in [0.2, 0.25) is 0 Å². The van der Waals surface area contributed by atoms with Crippen molar-refractivity contribution in [2.24, 2.45) is 5.92 Å². The number of nitrogens with one attached hydrogen (secondary N) is 1. The average molecular weight is 422 g/mol. The lowest BCUT2D eigenvalue weighted by Gasteiger charge is -2.33. The van der Waals surface area contributed by atoms with Gasteiger partial charge in [-0.25, -0.2) is 0 Å². The number of hydrogen-bond acceptors (Lipinski definition) is 6. The van der Waals surface area contributed by atoms with Gasteiger partial charge in [0.05, 0.1) is 19.3 Å². The van der Waals surface area contributed by atoms with E-state index in [1.54, 1.807) is 4.90 Å².